The fraction of sp³-hybridized carbons (Fsp3) is 0.500. The minimum Gasteiger partial charge on any atom is -0.444 e. The first-order valence-corrected chi connectivity index (χ1v) is 9.28. The predicted molar refractivity (Wildman–Crippen MR) is 104 cm³/mol. The molecular weight excluding hydrogens is 342 g/mol. The van der Waals surface area contributed by atoms with Crippen molar-refractivity contribution in [2.75, 3.05) is 25.0 Å². The highest BCUT2D eigenvalue weighted by Gasteiger charge is 2.29. The third-order valence-electron chi connectivity index (χ3n) is 4.60. The number of hydrogen-bond donors (Lipinski definition) is 0. The van der Waals surface area contributed by atoms with Gasteiger partial charge >= 0.3 is 6.09 Å². The van der Waals surface area contributed by atoms with Crippen LogP contribution in [-0.2, 0) is 4.74 Å². The van der Waals surface area contributed by atoms with Crippen molar-refractivity contribution in [1.29, 1.82) is 0 Å². The maximum absolute atomic E-state index is 12.3. The van der Waals surface area contributed by atoms with Crippen molar-refractivity contribution >= 4 is 11.9 Å². The van der Waals surface area contributed by atoms with Gasteiger partial charge in [-0.2, -0.15) is 0 Å². The first-order valence-electron chi connectivity index (χ1n) is 9.28. The van der Waals surface area contributed by atoms with Crippen molar-refractivity contribution in [1.82, 2.24) is 19.9 Å². The molecule has 0 bridgehead atoms. The molecule has 0 radical (unpaired) electrons. The lowest BCUT2D eigenvalue weighted by molar-refractivity contribution is 0.0201. The summed E-state index contributed by atoms with van der Waals surface area (Å²) in [5, 5.41) is 0. The number of carbonyl (C=O) groups is 1. The smallest absolute Gasteiger partial charge is 0.410 e. The Morgan fingerprint density at radius 3 is 2.52 bits per heavy atom. The summed E-state index contributed by atoms with van der Waals surface area (Å²) in [6.45, 7) is 7.31. The van der Waals surface area contributed by atoms with Crippen LogP contribution in [0, 0.1) is 0 Å². The standard InChI is InChI=1S/C20H27N5O2/c1-20(2,3)27-19(26)24(4)15-8-11-25(12-9-15)18-13-17(22-14-23-18)16-7-5-6-10-21-16/h5-7,10,13-15H,8-9,11-12H2,1-4H3. The fourth-order valence-electron chi connectivity index (χ4n) is 3.14. The molecule has 144 valence electrons. The lowest BCUT2D eigenvalue weighted by Gasteiger charge is -2.37. The van der Waals surface area contributed by atoms with E-state index >= 15 is 0 Å². The van der Waals surface area contributed by atoms with E-state index < -0.39 is 5.60 Å². The van der Waals surface area contributed by atoms with E-state index in [9.17, 15) is 4.79 Å². The summed E-state index contributed by atoms with van der Waals surface area (Å²) >= 11 is 0. The van der Waals surface area contributed by atoms with Gasteiger partial charge in [0.2, 0.25) is 0 Å². The van der Waals surface area contributed by atoms with Crippen LogP contribution < -0.4 is 4.90 Å². The van der Waals surface area contributed by atoms with E-state index in [1.165, 1.54) is 0 Å². The highest BCUT2D eigenvalue weighted by Crippen LogP contribution is 2.24. The number of ether oxygens (including phenoxy) is 1. The first-order chi connectivity index (χ1) is 12.8. The highest BCUT2D eigenvalue weighted by molar-refractivity contribution is 5.68. The van der Waals surface area contributed by atoms with Crippen LogP contribution in [-0.4, -0.2) is 57.7 Å². The van der Waals surface area contributed by atoms with E-state index in [1.807, 2.05) is 52.1 Å². The second-order valence-corrected chi connectivity index (χ2v) is 7.79. The van der Waals surface area contributed by atoms with Gasteiger partial charge in [-0.1, -0.05) is 6.07 Å². The van der Waals surface area contributed by atoms with E-state index in [0.717, 1.165) is 43.1 Å². The molecule has 3 rings (SSSR count). The predicted octanol–water partition coefficient (Wildman–Crippen LogP) is 3.37. The number of carbonyl (C=O) groups excluding carboxylic acids is 1. The van der Waals surface area contributed by atoms with Crippen molar-refractivity contribution in [3.8, 4) is 11.4 Å². The van der Waals surface area contributed by atoms with Gasteiger partial charge in [0, 0.05) is 38.4 Å². The molecule has 27 heavy (non-hydrogen) atoms. The van der Waals surface area contributed by atoms with Crippen LogP contribution in [0.2, 0.25) is 0 Å². The maximum Gasteiger partial charge on any atom is 0.410 e. The molecular formula is C20H27N5O2. The number of aromatic nitrogens is 3. The Bertz CT molecular complexity index is 767. The number of piperidine rings is 1. The summed E-state index contributed by atoms with van der Waals surface area (Å²) < 4.78 is 5.47. The normalized spacial score (nSPS) is 15.5. The van der Waals surface area contributed by atoms with Gasteiger partial charge in [0.05, 0.1) is 11.4 Å². The molecule has 1 aliphatic heterocycles. The van der Waals surface area contributed by atoms with Crippen LogP contribution in [0.15, 0.2) is 36.8 Å². The van der Waals surface area contributed by atoms with Crippen molar-refractivity contribution < 1.29 is 9.53 Å². The van der Waals surface area contributed by atoms with Gasteiger partial charge in [0.25, 0.3) is 0 Å². The second kappa shape index (κ2) is 7.90. The van der Waals surface area contributed by atoms with E-state index in [4.69, 9.17) is 4.74 Å². The summed E-state index contributed by atoms with van der Waals surface area (Å²) in [6, 6.07) is 7.92. The molecule has 0 N–H and O–H groups in total. The van der Waals surface area contributed by atoms with E-state index in [1.54, 1.807) is 17.4 Å². The summed E-state index contributed by atoms with van der Waals surface area (Å²) in [5.74, 6) is 0.893. The second-order valence-electron chi connectivity index (χ2n) is 7.79. The Morgan fingerprint density at radius 1 is 1.15 bits per heavy atom. The lowest BCUT2D eigenvalue weighted by Crippen LogP contribution is -2.47. The Balaban J connectivity index is 1.62. The molecule has 3 heterocycles. The van der Waals surface area contributed by atoms with Crippen LogP contribution in [0.1, 0.15) is 33.6 Å². The molecule has 0 spiro atoms. The van der Waals surface area contributed by atoms with E-state index in [0.29, 0.717) is 0 Å². The molecule has 1 amide bonds. The molecule has 1 saturated heterocycles. The number of nitrogens with zero attached hydrogens (tertiary/aromatic N) is 5. The third-order valence-corrected chi connectivity index (χ3v) is 4.60. The number of pyridine rings is 1. The van der Waals surface area contributed by atoms with Crippen molar-refractivity contribution in [2.45, 2.75) is 45.3 Å². The molecule has 0 saturated carbocycles. The van der Waals surface area contributed by atoms with Gasteiger partial charge in [-0.3, -0.25) is 4.98 Å². The fourth-order valence-corrected chi connectivity index (χ4v) is 3.14. The maximum atomic E-state index is 12.3. The monoisotopic (exact) mass is 369 g/mol. The van der Waals surface area contributed by atoms with Crippen molar-refractivity contribution in [3.63, 3.8) is 0 Å². The van der Waals surface area contributed by atoms with Crippen LogP contribution in [0.4, 0.5) is 10.6 Å². The zero-order valence-corrected chi connectivity index (χ0v) is 16.4. The van der Waals surface area contributed by atoms with Crippen LogP contribution >= 0.6 is 0 Å². The summed E-state index contributed by atoms with van der Waals surface area (Å²) in [6.07, 6.45) is 4.82. The lowest BCUT2D eigenvalue weighted by atomic mass is 10.0. The first kappa shape index (κ1) is 19.1. The van der Waals surface area contributed by atoms with Crippen LogP contribution in [0.3, 0.4) is 0 Å². The number of anilines is 1. The van der Waals surface area contributed by atoms with Gasteiger partial charge < -0.3 is 14.5 Å². The Hall–Kier alpha value is -2.70. The molecule has 1 fully saturated rings. The molecule has 0 aromatic carbocycles. The number of hydrogen-bond acceptors (Lipinski definition) is 6. The number of amides is 1. The van der Waals surface area contributed by atoms with Gasteiger partial charge in [-0.25, -0.2) is 14.8 Å². The Labute approximate surface area is 160 Å². The largest absolute Gasteiger partial charge is 0.444 e. The minimum atomic E-state index is -0.477. The Kier molecular flexibility index (Phi) is 5.58. The summed E-state index contributed by atoms with van der Waals surface area (Å²) in [7, 11) is 1.82. The topological polar surface area (TPSA) is 71.5 Å². The number of rotatable bonds is 3. The van der Waals surface area contributed by atoms with E-state index in [-0.39, 0.29) is 12.1 Å². The zero-order chi connectivity index (χ0) is 19.4. The molecule has 0 aliphatic carbocycles. The molecule has 2 aromatic heterocycles. The van der Waals surface area contributed by atoms with Crippen LogP contribution in [0.25, 0.3) is 11.4 Å². The molecule has 0 unspecified atom stereocenters. The molecule has 0 atom stereocenters. The van der Waals surface area contributed by atoms with Gasteiger partial charge in [0.15, 0.2) is 0 Å². The molecule has 1 aliphatic rings. The molecule has 2 aromatic rings. The van der Waals surface area contributed by atoms with Gasteiger partial charge in [-0.15, -0.1) is 0 Å². The summed E-state index contributed by atoms with van der Waals surface area (Å²) in [5.41, 5.74) is 1.17. The SMILES string of the molecule is CN(C(=O)OC(C)(C)C)C1CCN(c2cc(-c3ccccn3)ncn2)CC1. The quantitative estimate of drug-likeness (QED) is 0.826. The van der Waals surface area contributed by atoms with Crippen molar-refractivity contribution in [3.05, 3.63) is 36.8 Å². The minimum absolute atomic E-state index is 0.174. The average molecular weight is 369 g/mol. The molecule has 7 heteroatoms. The van der Waals surface area contributed by atoms with Gasteiger partial charge in [-0.05, 0) is 45.7 Å². The van der Waals surface area contributed by atoms with E-state index in [2.05, 4.69) is 19.9 Å². The van der Waals surface area contributed by atoms with Gasteiger partial charge in [0.1, 0.15) is 17.7 Å². The Morgan fingerprint density at radius 2 is 1.89 bits per heavy atom. The average Bonchev–Trinajstić information content (AvgIpc) is 2.67. The van der Waals surface area contributed by atoms with Crippen LogP contribution in [0.5, 0.6) is 0 Å². The summed E-state index contributed by atoms with van der Waals surface area (Å²) in [4.78, 5) is 29.3. The molecule has 7 nitrogen and oxygen atoms in total. The third kappa shape index (κ3) is 4.93. The highest BCUT2D eigenvalue weighted by atomic mass is 16.6. The zero-order valence-electron chi connectivity index (χ0n) is 16.4. The van der Waals surface area contributed by atoms with Crippen molar-refractivity contribution in [2.24, 2.45) is 0 Å².